The minimum absolute atomic E-state index is 0.0256. The Morgan fingerprint density at radius 3 is 2.39 bits per heavy atom. The van der Waals surface area contributed by atoms with Gasteiger partial charge in [-0.1, -0.05) is 49.4 Å². The van der Waals surface area contributed by atoms with Crippen LogP contribution in [0.5, 0.6) is 0 Å². The molecule has 1 amide bonds. The standard InChI is InChI=1S/C28H37NO4/c1-4-27(3,31)23-13-11-22(12-14-23)26(30)29-17-15-28(16-18-29)20-24(32-5-2)19-25(33-28)21-9-7-6-8-10-21/h6-14,24-25,31H,4-5,15-20H2,1-3H3/t24-,25-,27?/m0/s1. The Kier molecular flexibility index (Phi) is 7.22. The van der Waals surface area contributed by atoms with Gasteiger partial charge in [0, 0.05) is 38.1 Å². The first-order chi connectivity index (χ1) is 15.9. The number of ether oxygens (including phenoxy) is 2. The van der Waals surface area contributed by atoms with Crippen molar-refractivity contribution in [1.82, 2.24) is 4.90 Å². The number of likely N-dealkylation sites (tertiary alicyclic amines) is 1. The summed E-state index contributed by atoms with van der Waals surface area (Å²) in [7, 11) is 0. The highest BCUT2D eigenvalue weighted by Gasteiger charge is 2.45. The van der Waals surface area contributed by atoms with E-state index < -0.39 is 5.60 Å². The summed E-state index contributed by atoms with van der Waals surface area (Å²) in [5.74, 6) is 0.0457. The number of carbonyl (C=O) groups is 1. The third-order valence-corrected chi connectivity index (χ3v) is 7.45. The van der Waals surface area contributed by atoms with Gasteiger partial charge in [0.15, 0.2) is 0 Å². The van der Waals surface area contributed by atoms with Gasteiger partial charge in [-0.15, -0.1) is 0 Å². The van der Waals surface area contributed by atoms with E-state index in [2.05, 4.69) is 24.3 Å². The van der Waals surface area contributed by atoms with Crippen LogP contribution in [0, 0.1) is 0 Å². The zero-order valence-corrected chi connectivity index (χ0v) is 20.1. The summed E-state index contributed by atoms with van der Waals surface area (Å²) in [5, 5.41) is 10.5. The van der Waals surface area contributed by atoms with E-state index in [1.165, 1.54) is 5.56 Å². The Hall–Kier alpha value is -2.21. The molecule has 2 aromatic rings. The lowest BCUT2D eigenvalue weighted by Gasteiger charge is -2.48. The molecule has 2 aromatic carbocycles. The molecule has 1 N–H and O–H groups in total. The van der Waals surface area contributed by atoms with E-state index in [1.54, 1.807) is 6.92 Å². The maximum absolute atomic E-state index is 13.2. The molecule has 3 atom stereocenters. The molecule has 2 aliphatic heterocycles. The summed E-state index contributed by atoms with van der Waals surface area (Å²) in [6, 6.07) is 17.8. The normalized spacial score (nSPS) is 24.4. The van der Waals surface area contributed by atoms with Gasteiger partial charge in [0.25, 0.3) is 5.91 Å². The van der Waals surface area contributed by atoms with Crippen LogP contribution in [0.15, 0.2) is 54.6 Å². The molecule has 4 rings (SSSR count). The van der Waals surface area contributed by atoms with E-state index in [1.807, 2.05) is 49.1 Å². The number of hydrogen-bond acceptors (Lipinski definition) is 4. The van der Waals surface area contributed by atoms with Gasteiger partial charge in [-0.3, -0.25) is 4.79 Å². The molecule has 33 heavy (non-hydrogen) atoms. The van der Waals surface area contributed by atoms with E-state index in [0.29, 0.717) is 31.7 Å². The van der Waals surface area contributed by atoms with Crippen molar-refractivity contribution in [1.29, 1.82) is 0 Å². The summed E-state index contributed by atoms with van der Waals surface area (Å²) < 4.78 is 12.8. The number of aliphatic hydroxyl groups is 1. The molecule has 0 radical (unpaired) electrons. The van der Waals surface area contributed by atoms with Gasteiger partial charge >= 0.3 is 0 Å². The Morgan fingerprint density at radius 1 is 1.12 bits per heavy atom. The van der Waals surface area contributed by atoms with Crippen molar-refractivity contribution in [3.8, 4) is 0 Å². The van der Waals surface area contributed by atoms with Gasteiger partial charge in [-0.25, -0.2) is 0 Å². The molecule has 5 nitrogen and oxygen atoms in total. The van der Waals surface area contributed by atoms with E-state index >= 15 is 0 Å². The minimum Gasteiger partial charge on any atom is -0.385 e. The maximum atomic E-state index is 13.2. The van der Waals surface area contributed by atoms with Crippen LogP contribution in [0.2, 0.25) is 0 Å². The topological polar surface area (TPSA) is 59.0 Å². The molecule has 2 fully saturated rings. The van der Waals surface area contributed by atoms with E-state index in [4.69, 9.17) is 9.47 Å². The molecular formula is C28H37NO4. The van der Waals surface area contributed by atoms with Crippen molar-refractivity contribution in [2.45, 2.75) is 76.3 Å². The van der Waals surface area contributed by atoms with Crippen molar-refractivity contribution in [3.63, 3.8) is 0 Å². The molecule has 2 saturated heterocycles. The van der Waals surface area contributed by atoms with Gasteiger partial charge in [-0.2, -0.15) is 0 Å². The molecule has 0 saturated carbocycles. The third kappa shape index (κ3) is 5.32. The number of carbonyl (C=O) groups excluding carboxylic acids is 1. The van der Waals surface area contributed by atoms with Gasteiger partial charge in [0.05, 0.1) is 23.4 Å². The van der Waals surface area contributed by atoms with Crippen LogP contribution < -0.4 is 0 Å². The third-order valence-electron chi connectivity index (χ3n) is 7.45. The lowest BCUT2D eigenvalue weighted by molar-refractivity contribution is -0.190. The Labute approximate surface area is 197 Å². The Bertz CT molecular complexity index is 917. The fraction of sp³-hybridized carbons (Fsp3) is 0.536. The molecular weight excluding hydrogens is 414 g/mol. The summed E-state index contributed by atoms with van der Waals surface area (Å²) in [6.07, 6.45) is 4.21. The quantitative estimate of drug-likeness (QED) is 0.653. The average molecular weight is 452 g/mol. The predicted octanol–water partition coefficient (Wildman–Crippen LogP) is 5.24. The zero-order valence-electron chi connectivity index (χ0n) is 20.1. The lowest BCUT2D eigenvalue weighted by Crippen LogP contribution is -2.52. The molecule has 1 spiro atoms. The van der Waals surface area contributed by atoms with Gasteiger partial charge < -0.3 is 19.5 Å². The van der Waals surface area contributed by atoms with Gasteiger partial charge in [0.2, 0.25) is 0 Å². The summed E-state index contributed by atoms with van der Waals surface area (Å²) >= 11 is 0. The average Bonchev–Trinajstić information content (AvgIpc) is 2.85. The highest BCUT2D eigenvalue weighted by Crippen LogP contribution is 2.44. The molecule has 178 valence electrons. The Morgan fingerprint density at radius 2 is 1.79 bits per heavy atom. The van der Waals surface area contributed by atoms with Crippen molar-refractivity contribution < 1.29 is 19.4 Å². The van der Waals surface area contributed by atoms with Crippen LogP contribution in [0.25, 0.3) is 0 Å². The van der Waals surface area contributed by atoms with Crippen LogP contribution >= 0.6 is 0 Å². The SMILES string of the molecule is CCO[C@H]1C[C@@H](c2ccccc2)OC2(CCN(C(=O)c3ccc(C(C)(O)CC)cc3)CC2)C1. The highest BCUT2D eigenvalue weighted by molar-refractivity contribution is 5.94. The fourth-order valence-electron chi connectivity index (χ4n) is 5.17. The van der Waals surface area contributed by atoms with Gasteiger partial charge in [0.1, 0.15) is 0 Å². The Balaban J connectivity index is 1.43. The fourth-order valence-corrected chi connectivity index (χ4v) is 5.17. The summed E-state index contributed by atoms with van der Waals surface area (Å²) in [5.41, 5.74) is 1.58. The molecule has 0 bridgehead atoms. The second-order valence-corrected chi connectivity index (χ2v) is 9.71. The number of amides is 1. The first-order valence-electron chi connectivity index (χ1n) is 12.3. The molecule has 1 unspecified atom stereocenters. The first kappa shape index (κ1) is 23.9. The van der Waals surface area contributed by atoms with E-state index in [-0.39, 0.29) is 23.7 Å². The molecule has 2 aliphatic rings. The molecule has 0 aromatic heterocycles. The van der Waals surface area contributed by atoms with Crippen LogP contribution in [0.4, 0.5) is 0 Å². The highest BCUT2D eigenvalue weighted by atomic mass is 16.5. The summed E-state index contributed by atoms with van der Waals surface area (Å²) in [4.78, 5) is 15.1. The first-order valence-corrected chi connectivity index (χ1v) is 12.3. The maximum Gasteiger partial charge on any atom is 0.253 e. The van der Waals surface area contributed by atoms with Crippen molar-refractivity contribution >= 4 is 5.91 Å². The van der Waals surface area contributed by atoms with Crippen molar-refractivity contribution in [2.75, 3.05) is 19.7 Å². The number of hydrogen-bond donors (Lipinski definition) is 1. The van der Waals surface area contributed by atoms with Crippen molar-refractivity contribution in [3.05, 3.63) is 71.3 Å². The van der Waals surface area contributed by atoms with Gasteiger partial charge in [-0.05, 0) is 56.4 Å². The van der Waals surface area contributed by atoms with Crippen LogP contribution in [-0.2, 0) is 15.1 Å². The number of piperidine rings is 1. The number of rotatable bonds is 6. The number of benzene rings is 2. The second kappa shape index (κ2) is 9.96. The number of nitrogens with zero attached hydrogens (tertiary/aromatic N) is 1. The molecule has 5 heteroatoms. The van der Waals surface area contributed by atoms with E-state index in [9.17, 15) is 9.90 Å². The summed E-state index contributed by atoms with van der Waals surface area (Å²) in [6.45, 7) is 7.85. The van der Waals surface area contributed by atoms with E-state index in [0.717, 1.165) is 31.2 Å². The molecule has 0 aliphatic carbocycles. The largest absolute Gasteiger partial charge is 0.385 e. The monoisotopic (exact) mass is 451 g/mol. The predicted molar refractivity (Wildman–Crippen MR) is 129 cm³/mol. The van der Waals surface area contributed by atoms with Crippen LogP contribution in [0.1, 0.15) is 80.5 Å². The smallest absolute Gasteiger partial charge is 0.253 e. The zero-order chi connectivity index (χ0) is 23.5. The van der Waals surface area contributed by atoms with Crippen LogP contribution in [0.3, 0.4) is 0 Å². The molecule has 2 heterocycles. The second-order valence-electron chi connectivity index (χ2n) is 9.71. The van der Waals surface area contributed by atoms with Crippen LogP contribution in [-0.4, -0.2) is 47.3 Å². The van der Waals surface area contributed by atoms with Crippen molar-refractivity contribution in [2.24, 2.45) is 0 Å². The lowest BCUT2D eigenvalue weighted by atomic mass is 9.80. The minimum atomic E-state index is -0.871.